The van der Waals surface area contributed by atoms with Crippen molar-refractivity contribution in [3.05, 3.63) is 21.9 Å². The molecule has 0 aliphatic carbocycles. The monoisotopic (exact) mass is 310 g/mol. The maximum atomic E-state index is 11.3. The summed E-state index contributed by atoms with van der Waals surface area (Å²) in [7, 11) is 2.12. The number of thiophene rings is 1. The number of carboxylic acids is 1. The minimum atomic E-state index is -0.718. The molecule has 4 nitrogen and oxygen atoms in total. The fourth-order valence-electron chi connectivity index (χ4n) is 2.64. The van der Waals surface area contributed by atoms with Crippen LogP contribution in [0.15, 0.2) is 12.1 Å². The number of carbonyl (C=O) groups is 1. The van der Waals surface area contributed by atoms with Gasteiger partial charge in [-0.2, -0.15) is 0 Å². The standard InChI is InChI=1S/C16H26N2O2S/c1-16(2,3)14-6-5-13(21-14)12(11-15(19)20)18-9-7-17(4)8-10-18/h5-6,12H,7-11H2,1-4H3,(H,19,20). The zero-order chi connectivity index (χ0) is 15.6. The number of piperazine rings is 1. The summed E-state index contributed by atoms with van der Waals surface area (Å²) in [6.07, 6.45) is 0.188. The molecule has 118 valence electrons. The topological polar surface area (TPSA) is 43.8 Å². The summed E-state index contributed by atoms with van der Waals surface area (Å²) < 4.78 is 0. The minimum absolute atomic E-state index is 0.0114. The summed E-state index contributed by atoms with van der Waals surface area (Å²) in [5, 5.41) is 9.26. The fraction of sp³-hybridized carbons (Fsp3) is 0.688. The van der Waals surface area contributed by atoms with Crippen molar-refractivity contribution in [2.45, 2.75) is 38.6 Å². The van der Waals surface area contributed by atoms with Gasteiger partial charge >= 0.3 is 5.97 Å². The molecule has 0 aromatic carbocycles. The van der Waals surface area contributed by atoms with Gasteiger partial charge in [0.25, 0.3) is 0 Å². The highest BCUT2D eigenvalue weighted by Crippen LogP contribution is 2.36. The lowest BCUT2D eigenvalue weighted by molar-refractivity contribution is -0.138. The van der Waals surface area contributed by atoms with E-state index in [1.165, 1.54) is 9.75 Å². The van der Waals surface area contributed by atoms with Gasteiger partial charge in [-0.25, -0.2) is 0 Å². The Morgan fingerprint density at radius 3 is 2.38 bits per heavy atom. The lowest BCUT2D eigenvalue weighted by Gasteiger charge is -2.37. The maximum absolute atomic E-state index is 11.3. The predicted octanol–water partition coefficient (Wildman–Crippen LogP) is 2.81. The number of likely N-dealkylation sites (N-methyl/N-ethyl adjacent to an activating group) is 1. The van der Waals surface area contributed by atoms with Gasteiger partial charge in [0.2, 0.25) is 0 Å². The first-order valence-corrected chi connectivity index (χ1v) is 8.33. The molecule has 21 heavy (non-hydrogen) atoms. The van der Waals surface area contributed by atoms with Crippen LogP contribution in [0.25, 0.3) is 0 Å². The molecule has 0 saturated carbocycles. The highest BCUT2D eigenvalue weighted by atomic mass is 32.1. The zero-order valence-corrected chi connectivity index (χ0v) is 14.2. The molecule has 0 amide bonds. The van der Waals surface area contributed by atoms with E-state index in [0.29, 0.717) is 0 Å². The van der Waals surface area contributed by atoms with Crippen molar-refractivity contribution in [1.29, 1.82) is 0 Å². The van der Waals surface area contributed by atoms with Crippen molar-refractivity contribution in [1.82, 2.24) is 9.80 Å². The SMILES string of the molecule is CN1CCN(C(CC(=O)O)c2ccc(C(C)(C)C)s2)CC1. The minimum Gasteiger partial charge on any atom is -0.481 e. The Balaban J connectivity index is 2.19. The number of nitrogens with zero attached hydrogens (tertiary/aromatic N) is 2. The first kappa shape index (κ1) is 16.5. The molecular formula is C16H26N2O2S. The molecule has 2 heterocycles. The molecule has 1 atom stereocenters. The van der Waals surface area contributed by atoms with E-state index in [0.717, 1.165) is 26.2 Å². The third kappa shape index (κ3) is 4.28. The van der Waals surface area contributed by atoms with Gasteiger partial charge in [0.05, 0.1) is 12.5 Å². The van der Waals surface area contributed by atoms with Crippen molar-refractivity contribution in [2.75, 3.05) is 33.2 Å². The second-order valence-corrected chi connectivity index (χ2v) is 8.02. The maximum Gasteiger partial charge on any atom is 0.305 e. The van der Waals surface area contributed by atoms with E-state index < -0.39 is 5.97 Å². The molecule has 1 unspecified atom stereocenters. The van der Waals surface area contributed by atoms with Crippen molar-refractivity contribution in [3.8, 4) is 0 Å². The second kappa shape index (κ2) is 6.46. The highest BCUT2D eigenvalue weighted by Gasteiger charge is 2.28. The first-order valence-electron chi connectivity index (χ1n) is 7.52. The highest BCUT2D eigenvalue weighted by molar-refractivity contribution is 7.12. The molecular weight excluding hydrogens is 284 g/mol. The van der Waals surface area contributed by atoms with Gasteiger partial charge in [-0.05, 0) is 24.6 Å². The van der Waals surface area contributed by atoms with Gasteiger partial charge in [0.15, 0.2) is 0 Å². The molecule has 1 aromatic heterocycles. The first-order chi connectivity index (χ1) is 9.77. The molecule has 1 aliphatic heterocycles. The normalized spacial score (nSPS) is 19.6. The van der Waals surface area contributed by atoms with E-state index in [1.807, 2.05) is 0 Å². The van der Waals surface area contributed by atoms with Crippen molar-refractivity contribution in [2.24, 2.45) is 0 Å². The quantitative estimate of drug-likeness (QED) is 0.929. The Morgan fingerprint density at radius 1 is 1.29 bits per heavy atom. The third-order valence-corrected chi connectivity index (χ3v) is 5.65. The Labute approximate surface area is 131 Å². The number of hydrogen-bond acceptors (Lipinski definition) is 4. The van der Waals surface area contributed by atoms with Crippen molar-refractivity contribution in [3.63, 3.8) is 0 Å². The molecule has 1 aliphatic rings. The van der Waals surface area contributed by atoms with E-state index in [-0.39, 0.29) is 17.9 Å². The van der Waals surface area contributed by atoms with E-state index in [9.17, 15) is 9.90 Å². The number of rotatable bonds is 4. The molecule has 5 heteroatoms. The summed E-state index contributed by atoms with van der Waals surface area (Å²) in [5.74, 6) is -0.718. The summed E-state index contributed by atoms with van der Waals surface area (Å²) >= 11 is 1.77. The molecule has 1 aromatic rings. The molecule has 1 saturated heterocycles. The number of aliphatic carboxylic acids is 1. The Hall–Kier alpha value is -0.910. The van der Waals surface area contributed by atoms with Crippen LogP contribution in [0, 0.1) is 0 Å². The second-order valence-electron chi connectivity index (χ2n) is 6.90. The van der Waals surface area contributed by atoms with Crippen LogP contribution in [-0.2, 0) is 10.2 Å². The average Bonchev–Trinajstić information content (AvgIpc) is 2.86. The molecule has 1 N–H and O–H groups in total. The summed E-state index contributed by atoms with van der Waals surface area (Å²) in [6.45, 7) is 10.5. The summed E-state index contributed by atoms with van der Waals surface area (Å²) in [5.41, 5.74) is 0.124. The van der Waals surface area contributed by atoms with Gasteiger partial charge in [0, 0.05) is 35.9 Å². The van der Waals surface area contributed by atoms with Crippen LogP contribution in [0.1, 0.15) is 43.0 Å². The lowest BCUT2D eigenvalue weighted by Crippen LogP contribution is -2.46. The predicted molar refractivity (Wildman–Crippen MR) is 87.1 cm³/mol. The average molecular weight is 310 g/mol. The van der Waals surface area contributed by atoms with Crippen LogP contribution in [0.4, 0.5) is 0 Å². The van der Waals surface area contributed by atoms with Crippen LogP contribution in [0.3, 0.4) is 0 Å². The van der Waals surface area contributed by atoms with Crippen LogP contribution in [-0.4, -0.2) is 54.1 Å². The lowest BCUT2D eigenvalue weighted by atomic mass is 9.95. The smallest absolute Gasteiger partial charge is 0.305 e. The molecule has 0 spiro atoms. The van der Waals surface area contributed by atoms with E-state index in [1.54, 1.807) is 11.3 Å². The Morgan fingerprint density at radius 2 is 1.90 bits per heavy atom. The molecule has 0 bridgehead atoms. The largest absolute Gasteiger partial charge is 0.481 e. The molecule has 2 rings (SSSR count). The van der Waals surface area contributed by atoms with Crippen LogP contribution in [0.5, 0.6) is 0 Å². The van der Waals surface area contributed by atoms with Crippen LogP contribution in [0.2, 0.25) is 0 Å². The number of carboxylic acid groups (broad SMARTS) is 1. The van der Waals surface area contributed by atoms with Crippen molar-refractivity contribution >= 4 is 17.3 Å². The summed E-state index contributed by atoms with van der Waals surface area (Å²) in [6, 6.07) is 4.29. The van der Waals surface area contributed by atoms with Gasteiger partial charge in [0.1, 0.15) is 0 Å². The fourth-order valence-corrected chi connectivity index (χ4v) is 3.84. The zero-order valence-electron chi connectivity index (χ0n) is 13.4. The van der Waals surface area contributed by atoms with Crippen LogP contribution < -0.4 is 0 Å². The van der Waals surface area contributed by atoms with E-state index in [2.05, 4.69) is 49.8 Å². The van der Waals surface area contributed by atoms with Gasteiger partial charge in [-0.1, -0.05) is 20.8 Å². The van der Waals surface area contributed by atoms with Gasteiger partial charge in [-0.15, -0.1) is 11.3 Å². The molecule has 1 fully saturated rings. The summed E-state index contributed by atoms with van der Waals surface area (Å²) in [4.78, 5) is 18.4. The van der Waals surface area contributed by atoms with Crippen molar-refractivity contribution < 1.29 is 9.90 Å². The molecule has 0 radical (unpaired) electrons. The Bertz CT molecular complexity index is 485. The van der Waals surface area contributed by atoms with E-state index in [4.69, 9.17) is 0 Å². The Kier molecular flexibility index (Phi) is 5.07. The third-order valence-electron chi connectivity index (χ3n) is 4.04. The van der Waals surface area contributed by atoms with Crippen LogP contribution >= 0.6 is 11.3 Å². The van der Waals surface area contributed by atoms with E-state index >= 15 is 0 Å². The van der Waals surface area contributed by atoms with Gasteiger partial charge in [-0.3, -0.25) is 9.69 Å². The number of hydrogen-bond donors (Lipinski definition) is 1. The van der Waals surface area contributed by atoms with Gasteiger partial charge < -0.3 is 10.0 Å².